The fraction of sp³-hybridized carbons (Fsp3) is 0.0625. The van der Waals surface area contributed by atoms with Crippen molar-refractivity contribution in [2.24, 2.45) is 5.10 Å². The van der Waals surface area contributed by atoms with E-state index in [-0.39, 0.29) is 17.7 Å². The molecule has 0 radical (unpaired) electrons. The fourth-order valence-corrected chi connectivity index (χ4v) is 2.14. The molecule has 1 N–H and O–H groups in total. The Morgan fingerprint density at radius 2 is 2.00 bits per heavy atom. The molecule has 0 spiro atoms. The summed E-state index contributed by atoms with van der Waals surface area (Å²) in [5, 5.41) is 18.8. The monoisotopic (exact) mass is 358 g/mol. The summed E-state index contributed by atoms with van der Waals surface area (Å²) in [6.45, 7) is 0. The van der Waals surface area contributed by atoms with Gasteiger partial charge in [-0.05, 0) is 23.8 Å². The Morgan fingerprint density at radius 1 is 1.23 bits per heavy atom. The summed E-state index contributed by atoms with van der Waals surface area (Å²) in [4.78, 5) is 14.0. The Kier molecular flexibility index (Phi) is 4.92. The van der Waals surface area contributed by atoms with Gasteiger partial charge in [0, 0.05) is 24.6 Å². The third-order valence-electron chi connectivity index (χ3n) is 3.44. The lowest BCUT2D eigenvalue weighted by Gasteiger charge is -2.08. The zero-order valence-electron chi connectivity index (χ0n) is 13.2. The molecule has 0 saturated carbocycles. The molecule has 1 aromatic heterocycles. The first-order chi connectivity index (χ1) is 12.5. The molecule has 1 heterocycles. The van der Waals surface area contributed by atoms with Crippen molar-refractivity contribution in [2.75, 3.05) is 5.43 Å². The van der Waals surface area contributed by atoms with Crippen LogP contribution in [0.3, 0.4) is 0 Å². The van der Waals surface area contributed by atoms with Gasteiger partial charge >= 0.3 is 0 Å². The molecule has 0 fully saturated rings. The van der Waals surface area contributed by atoms with E-state index >= 15 is 0 Å². The van der Waals surface area contributed by atoms with Crippen LogP contribution >= 0.6 is 0 Å². The van der Waals surface area contributed by atoms with E-state index < -0.39 is 16.6 Å². The summed E-state index contributed by atoms with van der Waals surface area (Å²) in [6, 6.07) is 8.89. The van der Waals surface area contributed by atoms with Crippen LogP contribution < -0.4 is 5.43 Å². The van der Waals surface area contributed by atoms with Gasteiger partial charge in [-0.2, -0.15) is 10.2 Å². The molecule has 10 heteroatoms. The lowest BCUT2D eigenvalue weighted by atomic mass is 10.1. The number of nitro groups is 1. The number of nitrogens with zero attached hydrogens (tertiary/aromatic N) is 5. The van der Waals surface area contributed by atoms with Gasteiger partial charge in [-0.25, -0.2) is 18.4 Å². The van der Waals surface area contributed by atoms with E-state index in [0.717, 1.165) is 12.1 Å². The molecule has 0 unspecified atom stereocenters. The van der Waals surface area contributed by atoms with Gasteiger partial charge in [-0.1, -0.05) is 6.07 Å². The number of hydrogen-bond donors (Lipinski definition) is 1. The van der Waals surface area contributed by atoms with Crippen LogP contribution in [0.4, 0.5) is 20.2 Å². The molecule has 0 amide bonds. The maximum Gasteiger partial charge on any atom is 0.269 e. The lowest BCUT2D eigenvalue weighted by molar-refractivity contribution is -0.384. The number of hydrazone groups is 1. The van der Waals surface area contributed by atoms with Gasteiger partial charge in [0.25, 0.3) is 5.69 Å². The number of hydrogen-bond acceptors (Lipinski definition) is 6. The van der Waals surface area contributed by atoms with Crippen molar-refractivity contribution in [2.45, 2.75) is 6.42 Å². The Morgan fingerprint density at radius 3 is 2.62 bits per heavy atom. The molecular weight excluding hydrogens is 346 g/mol. The van der Waals surface area contributed by atoms with Crippen LogP contribution in [0, 0.1) is 21.7 Å². The predicted molar refractivity (Wildman–Crippen MR) is 89.6 cm³/mol. The summed E-state index contributed by atoms with van der Waals surface area (Å²) in [7, 11) is 0. The number of aromatic nitrogens is 3. The standard InChI is InChI=1S/C16H12F2N6O2/c17-12-2-1-11(15(18)8-12)7-16(23-10-19-9-20-23)22-21-13-3-5-14(6-4-13)24(25)26/h1-6,8-10,21H,7H2. The molecule has 2 aromatic carbocycles. The second-order valence-corrected chi connectivity index (χ2v) is 5.20. The molecule has 0 bridgehead atoms. The molecular formula is C16H12F2N6O2. The van der Waals surface area contributed by atoms with Crippen LogP contribution in [0.5, 0.6) is 0 Å². The molecule has 26 heavy (non-hydrogen) atoms. The van der Waals surface area contributed by atoms with E-state index in [1.807, 2.05) is 0 Å². The van der Waals surface area contributed by atoms with Crippen molar-refractivity contribution in [1.29, 1.82) is 0 Å². The highest BCUT2D eigenvalue weighted by Gasteiger charge is 2.11. The molecule has 3 rings (SSSR count). The van der Waals surface area contributed by atoms with Gasteiger partial charge in [0.15, 0.2) is 5.84 Å². The summed E-state index contributed by atoms with van der Waals surface area (Å²) in [5.74, 6) is -1.07. The van der Waals surface area contributed by atoms with Crippen LogP contribution in [0.2, 0.25) is 0 Å². The van der Waals surface area contributed by atoms with E-state index in [2.05, 4.69) is 20.6 Å². The SMILES string of the molecule is O=[N+]([O-])c1ccc(NN=C(Cc2ccc(F)cc2F)n2cncn2)cc1. The zero-order chi connectivity index (χ0) is 18.5. The molecule has 3 aromatic rings. The first kappa shape index (κ1) is 17.1. The molecule has 0 saturated heterocycles. The Bertz CT molecular complexity index is 942. The minimum absolute atomic E-state index is 0.0233. The second-order valence-electron chi connectivity index (χ2n) is 5.20. The largest absolute Gasteiger partial charge is 0.277 e. The van der Waals surface area contributed by atoms with Gasteiger partial charge in [-0.15, -0.1) is 0 Å². The van der Waals surface area contributed by atoms with Crippen LogP contribution in [-0.4, -0.2) is 25.5 Å². The summed E-state index contributed by atoms with van der Waals surface area (Å²) in [5.41, 5.74) is 3.40. The number of rotatable bonds is 5. The predicted octanol–water partition coefficient (Wildman–Crippen LogP) is 2.98. The zero-order valence-corrected chi connectivity index (χ0v) is 13.2. The average Bonchev–Trinajstić information content (AvgIpc) is 3.15. The highest BCUT2D eigenvalue weighted by Crippen LogP contribution is 2.16. The summed E-state index contributed by atoms with van der Waals surface area (Å²) >= 11 is 0. The normalized spacial score (nSPS) is 11.4. The Balaban J connectivity index is 1.84. The molecule has 0 aliphatic rings. The highest BCUT2D eigenvalue weighted by molar-refractivity contribution is 5.86. The maximum atomic E-state index is 13.9. The molecule has 8 nitrogen and oxygen atoms in total. The van der Waals surface area contributed by atoms with Gasteiger partial charge in [0.2, 0.25) is 0 Å². The lowest BCUT2D eigenvalue weighted by Crippen LogP contribution is -2.18. The highest BCUT2D eigenvalue weighted by atomic mass is 19.1. The minimum atomic E-state index is -0.701. The number of anilines is 1. The van der Waals surface area contributed by atoms with E-state index in [9.17, 15) is 18.9 Å². The molecule has 0 aliphatic carbocycles. The maximum absolute atomic E-state index is 13.9. The van der Waals surface area contributed by atoms with Crippen molar-refractivity contribution >= 4 is 17.2 Å². The molecule has 0 atom stereocenters. The van der Waals surface area contributed by atoms with E-state index in [1.165, 1.54) is 47.7 Å². The van der Waals surface area contributed by atoms with Crippen molar-refractivity contribution in [3.8, 4) is 0 Å². The molecule has 132 valence electrons. The third-order valence-corrected chi connectivity index (χ3v) is 3.44. The second kappa shape index (κ2) is 7.47. The number of nitro benzene ring substituents is 1. The third kappa shape index (κ3) is 4.04. The first-order valence-electron chi connectivity index (χ1n) is 7.39. The average molecular weight is 358 g/mol. The first-order valence-corrected chi connectivity index (χ1v) is 7.39. The van der Waals surface area contributed by atoms with Crippen LogP contribution in [0.25, 0.3) is 0 Å². The van der Waals surface area contributed by atoms with E-state index in [4.69, 9.17) is 0 Å². The fourth-order valence-electron chi connectivity index (χ4n) is 2.14. The smallest absolute Gasteiger partial charge is 0.269 e. The van der Waals surface area contributed by atoms with Crippen molar-refractivity contribution in [3.05, 3.63) is 82.4 Å². The van der Waals surface area contributed by atoms with Gasteiger partial charge in [0.1, 0.15) is 24.3 Å². The summed E-state index contributed by atoms with van der Waals surface area (Å²) in [6.07, 6.45) is 2.70. The number of halogens is 2. The van der Waals surface area contributed by atoms with Gasteiger partial charge in [0.05, 0.1) is 10.6 Å². The number of nitrogens with one attached hydrogen (secondary N) is 1. The quantitative estimate of drug-likeness (QED) is 0.327. The number of non-ortho nitro benzene ring substituents is 1. The topological polar surface area (TPSA) is 98.2 Å². The van der Waals surface area contributed by atoms with Crippen molar-refractivity contribution in [3.63, 3.8) is 0 Å². The van der Waals surface area contributed by atoms with Crippen LogP contribution in [-0.2, 0) is 6.42 Å². The number of benzene rings is 2. The van der Waals surface area contributed by atoms with Crippen molar-refractivity contribution in [1.82, 2.24) is 14.8 Å². The Labute approximate surface area is 146 Å². The van der Waals surface area contributed by atoms with E-state index in [1.54, 1.807) is 0 Å². The van der Waals surface area contributed by atoms with Gasteiger partial charge < -0.3 is 0 Å². The van der Waals surface area contributed by atoms with Crippen LogP contribution in [0.1, 0.15) is 5.56 Å². The van der Waals surface area contributed by atoms with Crippen molar-refractivity contribution < 1.29 is 13.7 Å². The van der Waals surface area contributed by atoms with E-state index in [0.29, 0.717) is 11.5 Å². The van der Waals surface area contributed by atoms with Crippen LogP contribution in [0.15, 0.2) is 60.2 Å². The summed E-state index contributed by atoms with van der Waals surface area (Å²) < 4.78 is 28.3. The Hall–Kier alpha value is -3.69. The van der Waals surface area contributed by atoms with Gasteiger partial charge in [-0.3, -0.25) is 15.5 Å². The molecule has 0 aliphatic heterocycles. The minimum Gasteiger partial charge on any atom is -0.277 e.